The Morgan fingerprint density at radius 3 is 2.20 bits per heavy atom. The van der Waals surface area contributed by atoms with Crippen molar-refractivity contribution in [3.05, 3.63) is 23.8 Å². The maximum Gasteiger partial charge on any atom is 0.122 e. The number of phenols is 2. The van der Waals surface area contributed by atoms with Gasteiger partial charge < -0.3 is 15.3 Å². The third-order valence-electron chi connectivity index (χ3n) is 5.39. The number of aliphatic hydroxyl groups is 1. The van der Waals surface area contributed by atoms with Crippen LogP contribution in [0.25, 0.3) is 0 Å². The predicted octanol–water partition coefficient (Wildman–Crippen LogP) is 5.66. The van der Waals surface area contributed by atoms with Gasteiger partial charge in [-0.3, -0.25) is 0 Å². The Hall–Kier alpha value is -1.22. The second-order valence-corrected chi connectivity index (χ2v) is 7.98. The van der Waals surface area contributed by atoms with Gasteiger partial charge in [-0.25, -0.2) is 0 Å². The fraction of sp³-hybridized carbons (Fsp3) is 0.727. The molecule has 1 aromatic rings. The van der Waals surface area contributed by atoms with Crippen LogP contribution in [-0.2, 0) is 6.42 Å². The average molecular weight is 351 g/mol. The number of aliphatic hydroxyl groups excluding tert-OH is 1. The molecule has 0 bridgehead atoms. The van der Waals surface area contributed by atoms with Gasteiger partial charge >= 0.3 is 0 Å². The minimum Gasteiger partial charge on any atom is -0.508 e. The monoisotopic (exact) mass is 350 g/mol. The summed E-state index contributed by atoms with van der Waals surface area (Å²) in [7, 11) is 0. The highest BCUT2D eigenvalue weighted by Crippen LogP contribution is 2.33. The van der Waals surface area contributed by atoms with Crippen LogP contribution in [0.4, 0.5) is 0 Å². The fourth-order valence-corrected chi connectivity index (χ4v) is 3.70. The van der Waals surface area contributed by atoms with Crippen LogP contribution < -0.4 is 0 Å². The molecule has 0 spiro atoms. The molecule has 1 fully saturated rings. The number of aromatic hydroxyl groups is 2. The van der Waals surface area contributed by atoms with Crippen molar-refractivity contribution < 1.29 is 15.3 Å². The number of unbranched alkanes of at least 4 members (excludes halogenated alkanes) is 3. The molecule has 25 heavy (non-hydrogen) atoms. The third-order valence-corrected chi connectivity index (χ3v) is 5.39. The van der Waals surface area contributed by atoms with Crippen molar-refractivity contribution in [1.82, 2.24) is 0 Å². The molecule has 0 heterocycles. The molecule has 1 aromatic carbocycles. The molecular formula is C22H38O3. The molecule has 0 aliphatic heterocycles. The molecule has 0 amide bonds. The van der Waals surface area contributed by atoms with Gasteiger partial charge in [0, 0.05) is 5.56 Å². The summed E-state index contributed by atoms with van der Waals surface area (Å²) in [5.41, 5.74) is 0.684. The first kappa shape index (κ1) is 21.8. The van der Waals surface area contributed by atoms with Crippen LogP contribution in [0.1, 0.15) is 78.2 Å². The molecule has 3 atom stereocenters. The standard InChI is InChI=1S/C12H18O2.C10H20O/c1-2-3-4-5-7-10-11(13)8-6-9-12(10)14;1-7(2)9-5-4-8(3)6-10(9)11/h6,8-9,13-14H,2-5,7H2,1H3;7-11H,4-6H2,1-3H3. The van der Waals surface area contributed by atoms with Crippen LogP contribution in [0.2, 0.25) is 0 Å². The molecule has 3 nitrogen and oxygen atoms in total. The van der Waals surface area contributed by atoms with E-state index in [1.165, 1.54) is 25.7 Å². The summed E-state index contributed by atoms with van der Waals surface area (Å²) in [6.45, 7) is 8.82. The molecule has 3 N–H and O–H groups in total. The molecule has 1 aliphatic rings. The topological polar surface area (TPSA) is 60.7 Å². The highest BCUT2D eigenvalue weighted by molar-refractivity contribution is 5.42. The number of phenolic OH excluding ortho intramolecular Hbond substituents is 2. The third kappa shape index (κ3) is 7.68. The van der Waals surface area contributed by atoms with Gasteiger partial charge in [0.25, 0.3) is 0 Å². The summed E-state index contributed by atoms with van der Waals surface area (Å²) in [6.07, 6.45) is 8.88. The van der Waals surface area contributed by atoms with Crippen LogP contribution in [0.5, 0.6) is 11.5 Å². The Balaban J connectivity index is 0.000000257. The molecule has 3 heteroatoms. The van der Waals surface area contributed by atoms with Crippen molar-refractivity contribution in [2.45, 2.75) is 85.2 Å². The Kier molecular flexibility index (Phi) is 9.96. The van der Waals surface area contributed by atoms with Crippen LogP contribution in [0.3, 0.4) is 0 Å². The summed E-state index contributed by atoms with van der Waals surface area (Å²) in [6, 6.07) is 4.89. The van der Waals surface area contributed by atoms with Gasteiger partial charge in [-0.2, -0.15) is 0 Å². The van der Waals surface area contributed by atoms with Gasteiger partial charge in [0.05, 0.1) is 6.10 Å². The Labute approximate surface area is 154 Å². The Bertz CT molecular complexity index is 464. The van der Waals surface area contributed by atoms with E-state index >= 15 is 0 Å². The molecule has 0 saturated heterocycles. The summed E-state index contributed by atoms with van der Waals surface area (Å²) in [5, 5.41) is 28.7. The van der Waals surface area contributed by atoms with E-state index in [4.69, 9.17) is 0 Å². The van der Waals surface area contributed by atoms with Crippen molar-refractivity contribution in [3.8, 4) is 11.5 Å². The smallest absolute Gasteiger partial charge is 0.122 e. The zero-order chi connectivity index (χ0) is 18.8. The van der Waals surface area contributed by atoms with E-state index in [1.54, 1.807) is 18.2 Å². The molecule has 0 radical (unpaired) electrons. The van der Waals surface area contributed by atoms with Crippen molar-refractivity contribution in [2.24, 2.45) is 17.8 Å². The van der Waals surface area contributed by atoms with Crippen LogP contribution in [0, 0.1) is 17.8 Å². The molecule has 1 aliphatic carbocycles. The zero-order valence-corrected chi connectivity index (χ0v) is 16.5. The van der Waals surface area contributed by atoms with E-state index in [1.807, 2.05) is 0 Å². The lowest BCUT2D eigenvalue weighted by Crippen LogP contribution is -2.31. The number of hydrogen-bond acceptors (Lipinski definition) is 3. The van der Waals surface area contributed by atoms with Crippen molar-refractivity contribution in [3.63, 3.8) is 0 Å². The quantitative estimate of drug-likeness (QED) is 0.580. The van der Waals surface area contributed by atoms with E-state index in [9.17, 15) is 15.3 Å². The summed E-state index contributed by atoms with van der Waals surface area (Å²) in [5.74, 6) is 2.37. The first-order valence-corrected chi connectivity index (χ1v) is 10.0. The second kappa shape index (κ2) is 11.4. The largest absolute Gasteiger partial charge is 0.508 e. The average Bonchev–Trinajstić information content (AvgIpc) is 2.54. The SMILES string of the molecule is CC1CCC(C(C)C)C(O)C1.CCCCCCc1c(O)cccc1O. The lowest BCUT2D eigenvalue weighted by atomic mass is 9.75. The maximum atomic E-state index is 9.71. The van der Waals surface area contributed by atoms with Gasteiger partial charge in [0.1, 0.15) is 11.5 Å². The molecule has 144 valence electrons. The molecule has 0 aromatic heterocycles. The van der Waals surface area contributed by atoms with Gasteiger partial charge in [0.2, 0.25) is 0 Å². The lowest BCUT2D eigenvalue weighted by Gasteiger charge is -2.33. The van der Waals surface area contributed by atoms with E-state index in [0.29, 0.717) is 17.4 Å². The van der Waals surface area contributed by atoms with E-state index < -0.39 is 0 Å². The fourth-order valence-electron chi connectivity index (χ4n) is 3.70. The van der Waals surface area contributed by atoms with Gasteiger partial charge in [-0.1, -0.05) is 59.4 Å². The highest BCUT2D eigenvalue weighted by atomic mass is 16.3. The lowest BCUT2D eigenvalue weighted by molar-refractivity contribution is 0.0266. The minimum atomic E-state index is -0.0289. The van der Waals surface area contributed by atoms with E-state index in [0.717, 1.165) is 31.6 Å². The first-order valence-electron chi connectivity index (χ1n) is 10.0. The normalized spacial score (nSPS) is 23.2. The van der Waals surface area contributed by atoms with Crippen molar-refractivity contribution >= 4 is 0 Å². The summed E-state index contributed by atoms with van der Waals surface area (Å²) in [4.78, 5) is 0. The van der Waals surface area contributed by atoms with Gasteiger partial charge in [-0.15, -0.1) is 0 Å². The number of benzene rings is 1. The van der Waals surface area contributed by atoms with Crippen LogP contribution >= 0.6 is 0 Å². The Morgan fingerprint density at radius 1 is 1.04 bits per heavy atom. The summed E-state index contributed by atoms with van der Waals surface area (Å²) >= 11 is 0. The van der Waals surface area contributed by atoms with Crippen LogP contribution in [-0.4, -0.2) is 21.4 Å². The van der Waals surface area contributed by atoms with Gasteiger partial charge in [-0.05, 0) is 55.6 Å². The van der Waals surface area contributed by atoms with Crippen molar-refractivity contribution in [1.29, 1.82) is 0 Å². The second-order valence-electron chi connectivity index (χ2n) is 7.98. The molecule has 3 unspecified atom stereocenters. The van der Waals surface area contributed by atoms with E-state index in [2.05, 4.69) is 27.7 Å². The van der Waals surface area contributed by atoms with E-state index in [-0.39, 0.29) is 17.6 Å². The highest BCUT2D eigenvalue weighted by Gasteiger charge is 2.28. The maximum absolute atomic E-state index is 9.71. The molecule has 1 saturated carbocycles. The van der Waals surface area contributed by atoms with Gasteiger partial charge in [0.15, 0.2) is 0 Å². The molecular weight excluding hydrogens is 312 g/mol. The van der Waals surface area contributed by atoms with Crippen LogP contribution in [0.15, 0.2) is 18.2 Å². The van der Waals surface area contributed by atoms with Crippen molar-refractivity contribution in [2.75, 3.05) is 0 Å². The number of hydrogen-bond donors (Lipinski definition) is 3. The Morgan fingerprint density at radius 2 is 1.68 bits per heavy atom. The summed E-state index contributed by atoms with van der Waals surface area (Å²) < 4.78 is 0. The molecule has 2 rings (SSSR count). The predicted molar refractivity (Wildman–Crippen MR) is 105 cm³/mol. The first-order chi connectivity index (χ1) is 11.9. The number of rotatable bonds is 6. The zero-order valence-electron chi connectivity index (χ0n) is 16.5. The minimum absolute atomic E-state index is 0.0289.